The van der Waals surface area contributed by atoms with E-state index < -0.39 is 0 Å². The minimum Gasteiger partial charge on any atom is -0.290 e. The molecule has 1 heteroatoms. The molecule has 1 saturated carbocycles. The van der Waals surface area contributed by atoms with Gasteiger partial charge in [-0.2, -0.15) is 0 Å². The fourth-order valence-corrected chi connectivity index (χ4v) is 1.13. The van der Waals surface area contributed by atoms with E-state index in [1.807, 2.05) is 0 Å². The SMILES string of the molecule is CC(C)(C)C1([C]=O)CC1. The largest absolute Gasteiger partial charge is 0.290 e. The molecule has 1 aliphatic carbocycles. The van der Waals surface area contributed by atoms with Gasteiger partial charge in [0.1, 0.15) is 0 Å². The standard InChI is InChI=1S/C8H13O/c1-7(2,3)8(6-9)4-5-8/h4-5H2,1-3H3. The smallest absolute Gasteiger partial charge is 0.205 e. The molecule has 1 radical (unpaired) electrons. The summed E-state index contributed by atoms with van der Waals surface area (Å²) in [7, 11) is 0. The predicted molar refractivity (Wildman–Crippen MR) is 36.8 cm³/mol. The Labute approximate surface area is 56.4 Å². The molecule has 0 N–H and O–H groups in total. The van der Waals surface area contributed by atoms with Gasteiger partial charge in [0, 0.05) is 5.41 Å². The molecule has 1 rings (SSSR count). The summed E-state index contributed by atoms with van der Waals surface area (Å²) in [6, 6.07) is 0. The highest BCUT2D eigenvalue weighted by molar-refractivity contribution is 5.65. The third-order valence-electron chi connectivity index (χ3n) is 2.38. The van der Waals surface area contributed by atoms with Crippen LogP contribution in [0.1, 0.15) is 33.6 Å². The highest BCUT2D eigenvalue weighted by atomic mass is 16.1. The second-order valence-electron chi connectivity index (χ2n) is 3.93. The molecule has 0 aliphatic heterocycles. The maximum Gasteiger partial charge on any atom is 0.205 e. The van der Waals surface area contributed by atoms with Crippen molar-refractivity contribution >= 4 is 6.29 Å². The third kappa shape index (κ3) is 0.887. The van der Waals surface area contributed by atoms with Crippen LogP contribution in [-0.4, -0.2) is 6.29 Å². The van der Waals surface area contributed by atoms with Crippen molar-refractivity contribution in [3.63, 3.8) is 0 Å². The second-order valence-corrected chi connectivity index (χ2v) is 3.93. The van der Waals surface area contributed by atoms with Gasteiger partial charge in [-0.1, -0.05) is 20.8 Å². The Balaban J connectivity index is 2.71. The van der Waals surface area contributed by atoms with Gasteiger partial charge in [0.2, 0.25) is 6.29 Å². The van der Waals surface area contributed by atoms with Crippen molar-refractivity contribution in [2.75, 3.05) is 0 Å². The summed E-state index contributed by atoms with van der Waals surface area (Å²) in [5.74, 6) is 0. The maximum absolute atomic E-state index is 10.4. The van der Waals surface area contributed by atoms with Gasteiger partial charge in [0.05, 0.1) is 0 Å². The molecule has 0 bridgehead atoms. The zero-order valence-corrected chi connectivity index (χ0v) is 6.32. The highest BCUT2D eigenvalue weighted by Gasteiger charge is 2.52. The average molecular weight is 125 g/mol. The Kier molecular flexibility index (Phi) is 1.20. The van der Waals surface area contributed by atoms with Crippen LogP contribution in [0.2, 0.25) is 0 Å². The fourth-order valence-electron chi connectivity index (χ4n) is 1.13. The number of carbonyl (C=O) groups excluding carboxylic acids is 1. The lowest BCUT2D eigenvalue weighted by molar-refractivity contribution is 0.282. The van der Waals surface area contributed by atoms with Crippen LogP contribution >= 0.6 is 0 Å². The van der Waals surface area contributed by atoms with E-state index in [-0.39, 0.29) is 10.8 Å². The zero-order valence-electron chi connectivity index (χ0n) is 6.32. The number of hydrogen-bond donors (Lipinski definition) is 0. The van der Waals surface area contributed by atoms with Crippen molar-refractivity contribution in [1.29, 1.82) is 0 Å². The summed E-state index contributed by atoms with van der Waals surface area (Å²) in [6.07, 6.45) is 4.23. The van der Waals surface area contributed by atoms with E-state index in [2.05, 4.69) is 27.1 Å². The van der Waals surface area contributed by atoms with Crippen LogP contribution in [0.4, 0.5) is 0 Å². The first-order valence-electron chi connectivity index (χ1n) is 3.41. The van der Waals surface area contributed by atoms with Gasteiger partial charge in [-0.25, -0.2) is 0 Å². The quantitative estimate of drug-likeness (QED) is 0.523. The summed E-state index contributed by atoms with van der Waals surface area (Å²) >= 11 is 0. The van der Waals surface area contributed by atoms with Crippen molar-refractivity contribution in [3.8, 4) is 0 Å². The molecule has 1 aliphatic rings. The van der Waals surface area contributed by atoms with Gasteiger partial charge < -0.3 is 0 Å². The number of rotatable bonds is 1. The van der Waals surface area contributed by atoms with Crippen molar-refractivity contribution in [3.05, 3.63) is 0 Å². The van der Waals surface area contributed by atoms with E-state index in [1.54, 1.807) is 0 Å². The molecule has 1 fully saturated rings. The maximum atomic E-state index is 10.4. The van der Waals surface area contributed by atoms with E-state index in [0.29, 0.717) is 0 Å². The molecule has 0 aromatic rings. The normalized spacial score (nSPS) is 23.4. The summed E-state index contributed by atoms with van der Waals surface area (Å²) in [6.45, 7) is 6.31. The second kappa shape index (κ2) is 1.59. The van der Waals surface area contributed by atoms with Crippen LogP contribution in [0.25, 0.3) is 0 Å². The van der Waals surface area contributed by atoms with Crippen LogP contribution < -0.4 is 0 Å². The van der Waals surface area contributed by atoms with Crippen LogP contribution in [0.3, 0.4) is 0 Å². The van der Waals surface area contributed by atoms with Gasteiger partial charge in [0.25, 0.3) is 0 Å². The Morgan fingerprint density at radius 3 is 1.78 bits per heavy atom. The minimum absolute atomic E-state index is 0.0764. The molecule has 51 valence electrons. The van der Waals surface area contributed by atoms with Crippen LogP contribution in [0.15, 0.2) is 0 Å². The molecule has 0 aromatic heterocycles. The molecule has 0 unspecified atom stereocenters. The molecule has 1 nitrogen and oxygen atoms in total. The van der Waals surface area contributed by atoms with Crippen molar-refractivity contribution in [2.45, 2.75) is 33.6 Å². The summed E-state index contributed by atoms with van der Waals surface area (Å²) in [4.78, 5) is 10.4. The molecule has 0 spiro atoms. The Bertz CT molecular complexity index is 126. The van der Waals surface area contributed by atoms with Gasteiger partial charge in [0.15, 0.2) is 0 Å². The molecule has 0 saturated heterocycles. The minimum atomic E-state index is -0.0764. The predicted octanol–water partition coefficient (Wildman–Crippen LogP) is 1.92. The molecule has 9 heavy (non-hydrogen) atoms. The first-order chi connectivity index (χ1) is 4.02. The van der Waals surface area contributed by atoms with E-state index in [1.165, 1.54) is 0 Å². The Hall–Kier alpha value is -0.330. The van der Waals surface area contributed by atoms with Crippen molar-refractivity contribution in [1.82, 2.24) is 0 Å². The van der Waals surface area contributed by atoms with E-state index in [9.17, 15) is 4.79 Å². The summed E-state index contributed by atoms with van der Waals surface area (Å²) in [5.41, 5.74) is 0.0573. The van der Waals surface area contributed by atoms with Gasteiger partial charge in [-0.05, 0) is 18.3 Å². The van der Waals surface area contributed by atoms with E-state index in [0.717, 1.165) is 12.8 Å². The fraction of sp³-hybridized carbons (Fsp3) is 0.875. The molecular weight excluding hydrogens is 112 g/mol. The van der Waals surface area contributed by atoms with Crippen LogP contribution in [0, 0.1) is 10.8 Å². The first-order valence-corrected chi connectivity index (χ1v) is 3.41. The first kappa shape index (κ1) is 6.79. The summed E-state index contributed by atoms with van der Waals surface area (Å²) < 4.78 is 0. The van der Waals surface area contributed by atoms with Crippen LogP contribution in [-0.2, 0) is 4.79 Å². The van der Waals surface area contributed by atoms with Gasteiger partial charge >= 0.3 is 0 Å². The van der Waals surface area contributed by atoms with Gasteiger partial charge in [-0.3, -0.25) is 4.79 Å². The lowest BCUT2D eigenvalue weighted by Gasteiger charge is -2.24. The zero-order chi connectivity index (χ0) is 7.12. The Morgan fingerprint density at radius 1 is 1.33 bits per heavy atom. The highest BCUT2D eigenvalue weighted by Crippen LogP contribution is 2.56. The monoisotopic (exact) mass is 125 g/mol. The third-order valence-corrected chi connectivity index (χ3v) is 2.38. The molecule has 0 aromatic carbocycles. The van der Waals surface area contributed by atoms with Crippen molar-refractivity contribution < 1.29 is 4.79 Å². The molecule has 0 heterocycles. The number of hydrogen-bond acceptors (Lipinski definition) is 1. The van der Waals surface area contributed by atoms with Crippen molar-refractivity contribution in [2.24, 2.45) is 10.8 Å². The van der Waals surface area contributed by atoms with Crippen LogP contribution in [0.5, 0.6) is 0 Å². The topological polar surface area (TPSA) is 17.1 Å². The summed E-state index contributed by atoms with van der Waals surface area (Å²) in [5, 5.41) is 0. The Morgan fingerprint density at radius 2 is 1.78 bits per heavy atom. The molecule has 0 amide bonds. The lowest BCUT2D eigenvalue weighted by atomic mass is 9.79. The van der Waals surface area contributed by atoms with E-state index >= 15 is 0 Å². The van der Waals surface area contributed by atoms with E-state index in [4.69, 9.17) is 0 Å². The lowest BCUT2D eigenvalue weighted by Crippen LogP contribution is -2.22. The van der Waals surface area contributed by atoms with Gasteiger partial charge in [-0.15, -0.1) is 0 Å². The molecule has 0 atom stereocenters. The molecular formula is C8H13O. The average Bonchev–Trinajstić information content (AvgIpc) is 2.40.